The molecule has 9 heteroatoms. The van der Waals surface area contributed by atoms with E-state index in [-0.39, 0.29) is 16.8 Å². The lowest BCUT2D eigenvalue weighted by atomic mass is 9.96. The zero-order chi connectivity index (χ0) is 21.2. The molecule has 0 aliphatic heterocycles. The molecule has 0 fully saturated rings. The molecule has 0 aliphatic carbocycles. The number of pyridine rings is 1. The fourth-order valence-electron chi connectivity index (χ4n) is 2.68. The summed E-state index contributed by atoms with van der Waals surface area (Å²) in [4.78, 5) is 14.9. The van der Waals surface area contributed by atoms with Crippen molar-refractivity contribution >= 4 is 5.97 Å². The molecular weight excluding hydrogens is 392 g/mol. The van der Waals surface area contributed by atoms with Crippen molar-refractivity contribution in [1.29, 1.82) is 5.26 Å². The minimum atomic E-state index is -4.82. The summed E-state index contributed by atoms with van der Waals surface area (Å²) < 4.78 is 55.0. The van der Waals surface area contributed by atoms with Gasteiger partial charge in [0.25, 0.3) is 0 Å². The lowest BCUT2D eigenvalue weighted by molar-refractivity contribution is -0.274. The first-order valence-electron chi connectivity index (χ1n) is 7.98. The monoisotopic (exact) mass is 402 g/mol. The highest BCUT2D eigenvalue weighted by Gasteiger charge is 2.31. The van der Waals surface area contributed by atoms with Crippen LogP contribution in [0, 0.1) is 17.1 Å². The minimum absolute atomic E-state index is 0.105. The minimum Gasteiger partial charge on any atom is -0.478 e. The van der Waals surface area contributed by atoms with Crippen molar-refractivity contribution in [2.75, 3.05) is 0 Å². The van der Waals surface area contributed by atoms with E-state index in [1.54, 1.807) is 0 Å². The van der Waals surface area contributed by atoms with E-state index in [0.717, 1.165) is 24.4 Å². The average molecular weight is 402 g/mol. The van der Waals surface area contributed by atoms with Crippen LogP contribution in [0.5, 0.6) is 5.75 Å². The molecule has 0 aliphatic rings. The Labute approximate surface area is 161 Å². The normalized spacial score (nSPS) is 11.0. The smallest absolute Gasteiger partial charge is 0.478 e. The number of ether oxygens (including phenoxy) is 1. The van der Waals surface area contributed by atoms with Crippen LogP contribution >= 0.6 is 0 Å². The third-order valence-electron chi connectivity index (χ3n) is 3.93. The Bertz CT molecular complexity index is 1120. The van der Waals surface area contributed by atoms with E-state index >= 15 is 0 Å². The number of nitrogens with zero attached hydrogens (tertiary/aromatic N) is 2. The van der Waals surface area contributed by atoms with Crippen molar-refractivity contribution < 1.29 is 32.2 Å². The predicted octanol–water partition coefficient (Wildman–Crippen LogP) is 5.02. The van der Waals surface area contributed by atoms with Gasteiger partial charge in [-0.2, -0.15) is 5.26 Å². The van der Waals surface area contributed by atoms with Gasteiger partial charge in [0.15, 0.2) is 5.82 Å². The van der Waals surface area contributed by atoms with Gasteiger partial charge >= 0.3 is 12.3 Å². The number of hydrogen-bond acceptors (Lipinski definition) is 4. The third kappa shape index (κ3) is 4.32. The highest BCUT2D eigenvalue weighted by atomic mass is 19.4. The molecule has 0 amide bonds. The molecule has 5 nitrogen and oxygen atoms in total. The first-order chi connectivity index (χ1) is 13.7. The van der Waals surface area contributed by atoms with Crippen LogP contribution in [-0.2, 0) is 0 Å². The van der Waals surface area contributed by atoms with E-state index in [2.05, 4.69) is 9.72 Å². The number of halogens is 4. The molecule has 3 rings (SSSR count). The molecule has 146 valence electrons. The summed E-state index contributed by atoms with van der Waals surface area (Å²) in [6, 6.07) is 12.1. The Morgan fingerprint density at radius 3 is 2.31 bits per heavy atom. The molecule has 0 spiro atoms. The summed E-state index contributed by atoms with van der Waals surface area (Å²) in [5.41, 5.74) is 0.330. The first kappa shape index (κ1) is 19.8. The Balaban J connectivity index is 2.00. The number of carboxylic acids is 1. The van der Waals surface area contributed by atoms with Gasteiger partial charge in [-0.05, 0) is 35.4 Å². The van der Waals surface area contributed by atoms with Crippen LogP contribution in [0.3, 0.4) is 0 Å². The summed E-state index contributed by atoms with van der Waals surface area (Å²) in [7, 11) is 0. The maximum atomic E-state index is 14.4. The van der Waals surface area contributed by atoms with Crippen LogP contribution in [-0.4, -0.2) is 22.4 Å². The molecule has 3 aromatic rings. The van der Waals surface area contributed by atoms with Crippen LogP contribution < -0.4 is 4.74 Å². The average Bonchev–Trinajstić information content (AvgIpc) is 2.67. The van der Waals surface area contributed by atoms with E-state index in [4.69, 9.17) is 5.11 Å². The molecule has 0 unspecified atom stereocenters. The number of hydrogen-bond donors (Lipinski definition) is 1. The van der Waals surface area contributed by atoms with Crippen LogP contribution in [0.15, 0.2) is 54.7 Å². The zero-order valence-corrected chi connectivity index (χ0v) is 14.4. The molecular formula is C20H10F4N2O3. The number of nitriles is 1. The maximum Gasteiger partial charge on any atom is 0.573 e. The fraction of sp³-hybridized carbons (Fsp3) is 0.0500. The van der Waals surface area contributed by atoms with Crippen molar-refractivity contribution in [2.45, 2.75) is 6.36 Å². The molecule has 1 heterocycles. The predicted molar refractivity (Wildman–Crippen MR) is 93.4 cm³/mol. The van der Waals surface area contributed by atoms with Crippen LogP contribution in [0.2, 0.25) is 0 Å². The molecule has 0 saturated heterocycles. The number of carboxylic acid groups (broad SMARTS) is 1. The third-order valence-corrected chi connectivity index (χ3v) is 3.93. The fourth-order valence-corrected chi connectivity index (χ4v) is 2.68. The molecule has 0 saturated carbocycles. The van der Waals surface area contributed by atoms with Crippen LogP contribution in [0.1, 0.15) is 15.9 Å². The number of aromatic carboxylic acids is 1. The first-order valence-corrected chi connectivity index (χ1v) is 7.98. The molecule has 1 N–H and O–H groups in total. The Kier molecular flexibility index (Phi) is 5.19. The Hall–Kier alpha value is -3.93. The zero-order valence-electron chi connectivity index (χ0n) is 14.4. The molecule has 1 aromatic heterocycles. The Morgan fingerprint density at radius 1 is 1.07 bits per heavy atom. The van der Waals surface area contributed by atoms with Gasteiger partial charge in [-0.25, -0.2) is 9.18 Å². The van der Waals surface area contributed by atoms with Gasteiger partial charge in [-0.15, -0.1) is 13.2 Å². The second-order valence-corrected chi connectivity index (χ2v) is 5.77. The molecule has 0 atom stereocenters. The number of alkyl halides is 3. The van der Waals surface area contributed by atoms with Gasteiger partial charge in [-0.1, -0.05) is 24.3 Å². The summed E-state index contributed by atoms with van der Waals surface area (Å²) in [6.07, 6.45) is -3.68. The summed E-state index contributed by atoms with van der Waals surface area (Å²) in [5, 5.41) is 18.5. The van der Waals surface area contributed by atoms with Crippen molar-refractivity contribution in [1.82, 2.24) is 4.98 Å². The van der Waals surface area contributed by atoms with Crippen molar-refractivity contribution in [3.8, 4) is 34.2 Å². The number of aromatic nitrogens is 1. The van der Waals surface area contributed by atoms with Gasteiger partial charge in [0, 0.05) is 11.8 Å². The maximum absolute atomic E-state index is 14.4. The lowest BCUT2D eigenvalue weighted by Crippen LogP contribution is -2.16. The van der Waals surface area contributed by atoms with Crippen LogP contribution in [0.25, 0.3) is 22.4 Å². The van der Waals surface area contributed by atoms with Crippen molar-refractivity contribution in [3.05, 3.63) is 71.7 Å². The van der Waals surface area contributed by atoms with Crippen molar-refractivity contribution in [2.24, 2.45) is 0 Å². The SMILES string of the molecule is N#Cc1cc(-c2nccc(C(=O)O)c2F)ccc1-c1ccc(OC(F)(F)F)cc1. The number of carbonyl (C=O) groups is 1. The summed E-state index contributed by atoms with van der Waals surface area (Å²) >= 11 is 0. The molecule has 0 bridgehead atoms. The molecule has 0 radical (unpaired) electrons. The lowest BCUT2D eigenvalue weighted by Gasteiger charge is -2.11. The van der Waals surface area contributed by atoms with E-state index in [1.807, 2.05) is 6.07 Å². The Morgan fingerprint density at radius 2 is 1.72 bits per heavy atom. The summed E-state index contributed by atoms with van der Waals surface area (Å²) in [6.45, 7) is 0. The second kappa shape index (κ2) is 7.59. The molecule has 2 aromatic carbocycles. The standard InChI is InChI=1S/C20H10F4N2O3/c21-17-16(19(27)28)7-8-26-18(17)12-3-6-15(13(9-12)10-25)11-1-4-14(5-2-11)29-20(22,23)24/h1-9H,(H,27,28). The topological polar surface area (TPSA) is 83.2 Å². The van der Waals surface area contributed by atoms with E-state index in [1.165, 1.54) is 30.3 Å². The van der Waals surface area contributed by atoms with E-state index in [0.29, 0.717) is 11.1 Å². The number of rotatable bonds is 4. The van der Waals surface area contributed by atoms with E-state index in [9.17, 15) is 27.6 Å². The molecule has 29 heavy (non-hydrogen) atoms. The van der Waals surface area contributed by atoms with Gasteiger partial charge in [-0.3, -0.25) is 4.98 Å². The van der Waals surface area contributed by atoms with Gasteiger partial charge in [0.1, 0.15) is 11.4 Å². The number of benzene rings is 2. The van der Waals surface area contributed by atoms with Crippen molar-refractivity contribution in [3.63, 3.8) is 0 Å². The van der Waals surface area contributed by atoms with E-state index < -0.39 is 29.5 Å². The largest absolute Gasteiger partial charge is 0.573 e. The summed E-state index contributed by atoms with van der Waals surface area (Å²) in [5.74, 6) is -2.90. The van der Waals surface area contributed by atoms with Gasteiger partial charge < -0.3 is 9.84 Å². The van der Waals surface area contributed by atoms with Gasteiger partial charge in [0.2, 0.25) is 0 Å². The highest BCUT2D eigenvalue weighted by molar-refractivity contribution is 5.89. The van der Waals surface area contributed by atoms with Crippen LogP contribution in [0.4, 0.5) is 17.6 Å². The van der Waals surface area contributed by atoms with Gasteiger partial charge in [0.05, 0.1) is 17.2 Å². The second-order valence-electron chi connectivity index (χ2n) is 5.77. The quantitative estimate of drug-likeness (QED) is 0.620. The highest BCUT2D eigenvalue weighted by Crippen LogP contribution is 2.31.